The third-order valence-electron chi connectivity index (χ3n) is 4.36. The monoisotopic (exact) mass is 359 g/mol. The average Bonchev–Trinajstić information content (AvgIpc) is 3.27. The van der Waals surface area contributed by atoms with E-state index in [1.165, 1.54) is 17.3 Å². The van der Waals surface area contributed by atoms with Crippen LogP contribution in [0, 0.1) is 6.92 Å². The van der Waals surface area contributed by atoms with E-state index in [2.05, 4.69) is 16.4 Å². The second-order valence-corrected chi connectivity index (χ2v) is 8.03. The summed E-state index contributed by atoms with van der Waals surface area (Å²) in [5.74, 6) is 0.779. The van der Waals surface area contributed by atoms with Gasteiger partial charge in [0, 0.05) is 35.5 Å². The molecule has 0 atom stereocenters. The molecule has 24 heavy (non-hydrogen) atoms. The van der Waals surface area contributed by atoms with Gasteiger partial charge in [0.1, 0.15) is 6.54 Å². The molecule has 4 rings (SSSR count). The number of benzene rings is 1. The van der Waals surface area contributed by atoms with E-state index in [1.54, 1.807) is 16.2 Å². The standard InChI is InChI=1S/C17H17N3O2S2/c1-11-18-14(10-24-11)12-2-3-15-13(8-12)4-5-20(15)16(21)9-19-6-7-23-17(19)22/h2-3,8,10H,4-7,9H2,1H3. The van der Waals surface area contributed by atoms with Gasteiger partial charge in [-0.05, 0) is 31.0 Å². The lowest BCUT2D eigenvalue weighted by Crippen LogP contribution is -2.39. The topological polar surface area (TPSA) is 53.5 Å². The van der Waals surface area contributed by atoms with Crippen LogP contribution in [-0.4, -0.2) is 46.4 Å². The molecule has 1 fully saturated rings. The Bertz CT molecular complexity index is 818. The van der Waals surface area contributed by atoms with Crippen LogP contribution in [0.2, 0.25) is 0 Å². The molecule has 0 aliphatic carbocycles. The van der Waals surface area contributed by atoms with Gasteiger partial charge in [-0.3, -0.25) is 9.59 Å². The van der Waals surface area contributed by atoms with Gasteiger partial charge in [-0.25, -0.2) is 4.98 Å². The summed E-state index contributed by atoms with van der Waals surface area (Å²) in [6.07, 6.45) is 0.848. The summed E-state index contributed by atoms with van der Waals surface area (Å²) in [6, 6.07) is 6.16. The largest absolute Gasteiger partial charge is 0.323 e. The molecular weight excluding hydrogens is 342 g/mol. The Hall–Kier alpha value is -1.86. The number of hydrogen-bond donors (Lipinski definition) is 0. The van der Waals surface area contributed by atoms with Crippen LogP contribution in [0.4, 0.5) is 10.5 Å². The van der Waals surface area contributed by atoms with Crippen molar-refractivity contribution in [1.82, 2.24) is 9.88 Å². The molecule has 3 heterocycles. The first-order valence-electron chi connectivity index (χ1n) is 7.89. The van der Waals surface area contributed by atoms with E-state index in [0.717, 1.165) is 34.1 Å². The fourth-order valence-electron chi connectivity index (χ4n) is 3.13. The summed E-state index contributed by atoms with van der Waals surface area (Å²) in [6.45, 7) is 3.53. The maximum atomic E-state index is 12.6. The molecule has 0 unspecified atom stereocenters. The zero-order chi connectivity index (χ0) is 16.7. The highest BCUT2D eigenvalue weighted by molar-refractivity contribution is 8.13. The first-order valence-corrected chi connectivity index (χ1v) is 9.76. The van der Waals surface area contributed by atoms with Crippen molar-refractivity contribution in [3.63, 3.8) is 0 Å². The third kappa shape index (κ3) is 2.82. The number of thioether (sulfide) groups is 1. The molecule has 1 aromatic carbocycles. The molecule has 0 N–H and O–H groups in total. The van der Waals surface area contributed by atoms with Crippen molar-refractivity contribution in [3.05, 3.63) is 34.2 Å². The van der Waals surface area contributed by atoms with Gasteiger partial charge < -0.3 is 9.80 Å². The molecule has 2 aliphatic rings. The van der Waals surface area contributed by atoms with E-state index in [-0.39, 0.29) is 17.7 Å². The van der Waals surface area contributed by atoms with E-state index in [9.17, 15) is 9.59 Å². The molecule has 2 aliphatic heterocycles. The molecule has 2 aromatic rings. The number of hydrogen-bond acceptors (Lipinski definition) is 5. The van der Waals surface area contributed by atoms with Crippen LogP contribution in [0.25, 0.3) is 11.3 Å². The molecule has 0 saturated carbocycles. The Labute approximate surface area is 148 Å². The molecular formula is C17H17N3O2S2. The maximum Gasteiger partial charge on any atom is 0.282 e. The lowest BCUT2D eigenvalue weighted by molar-refractivity contribution is -0.118. The molecule has 2 amide bonds. The van der Waals surface area contributed by atoms with Crippen LogP contribution in [0.3, 0.4) is 0 Å². The summed E-state index contributed by atoms with van der Waals surface area (Å²) in [7, 11) is 0. The first-order chi connectivity index (χ1) is 11.6. The van der Waals surface area contributed by atoms with Gasteiger partial charge >= 0.3 is 0 Å². The molecule has 1 aromatic heterocycles. The summed E-state index contributed by atoms with van der Waals surface area (Å²) in [5, 5.41) is 3.12. The molecule has 7 heteroatoms. The normalized spacial score (nSPS) is 16.8. The predicted octanol–water partition coefficient (Wildman–Crippen LogP) is 3.18. The van der Waals surface area contributed by atoms with Crippen molar-refractivity contribution in [2.45, 2.75) is 13.3 Å². The van der Waals surface area contributed by atoms with Gasteiger partial charge in [0.25, 0.3) is 5.24 Å². The number of thiazole rings is 1. The smallest absolute Gasteiger partial charge is 0.282 e. The molecule has 124 valence electrons. The average molecular weight is 359 g/mol. The number of rotatable bonds is 3. The lowest BCUT2D eigenvalue weighted by atomic mass is 10.1. The quantitative estimate of drug-likeness (QED) is 0.845. The number of nitrogens with zero attached hydrogens (tertiary/aromatic N) is 3. The summed E-state index contributed by atoms with van der Waals surface area (Å²) < 4.78 is 0. The van der Waals surface area contributed by atoms with E-state index in [1.807, 2.05) is 24.0 Å². The van der Waals surface area contributed by atoms with Crippen molar-refractivity contribution in [3.8, 4) is 11.3 Å². The maximum absolute atomic E-state index is 12.6. The highest BCUT2D eigenvalue weighted by Gasteiger charge is 2.29. The van der Waals surface area contributed by atoms with Crippen LogP contribution in [0.1, 0.15) is 10.6 Å². The van der Waals surface area contributed by atoms with Crippen molar-refractivity contribution in [2.75, 3.05) is 30.3 Å². The Morgan fingerprint density at radius 3 is 2.92 bits per heavy atom. The Balaban J connectivity index is 1.53. The fourth-order valence-corrected chi connectivity index (χ4v) is 4.58. The second-order valence-electron chi connectivity index (χ2n) is 5.93. The summed E-state index contributed by atoms with van der Waals surface area (Å²) in [5.41, 5.74) is 4.23. The molecule has 5 nitrogen and oxygen atoms in total. The van der Waals surface area contributed by atoms with E-state index >= 15 is 0 Å². The number of aromatic nitrogens is 1. The number of aryl methyl sites for hydroxylation is 1. The number of carbonyl (C=O) groups excluding carboxylic acids is 2. The van der Waals surface area contributed by atoms with Crippen molar-refractivity contribution in [1.29, 1.82) is 0 Å². The minimum absolute atomic E-state index is 0.00172. The number of anilines is 1. The Morgan fingerprint density at radius 1 is 1.33 bits per heavy atom. The van der Waals surface area contributed by atoms with E-state index < -0.39 is 0 Å². The zero-order valence-electron chi connectivity index (χ0n) is 13.3. The van der Waals surface area contributed by atoms with Gasteiger partial charge in [0.2, 0.25) is 5.91 Å². The van der Waals surface area contributed by atoms with Crippen LogP contribution < -0.4 is 4.90 Å². The summed E-state index contributed by atoms with van der Waals surface area (Å²) >= 11 is 2.93. The van der Waals surface area contributed by atoms with Crippen molar-refractivity contribution >= 4 is 39.9 Å². The number of amides is 2. The first kappa shape index (κ1) is 15.7. The van der Waals surface area contributed by atoms with Crippen LogP contribution in [0.15, 0.2) is 23.6 Å². The van der Waals surface area contributed by atoms with Crippen LogP contribution in [-0.2, 0) is 11.2 Å². The number of carbonyl (C=O) groups is 2. The predicted molar refractivity (Wildman–Crippen MR) is 97.8 cm³/mol. The minimum atomic E-state index is 0.00172. The van der Waals surface area contributed by atoms with Crippen LogP contribution >= 0.6 is 23.1 Å². The van der Waals surface area contributed by atoms with Gasteiger partial charge in [0.15, 0.2) is 0 Å². The molecule has 0 bridgehead atoms. The zero-order valence-corrected chi connectivity index (χ0v) is 15.0. The van der Waals surface area contributed by atoms with Gasteiger partial charge in [-0.2, -0.15) is 0 Å². The van der Waals surface area contributed by atoms with Crippen LogP contribution in [0.5, 0.6) is 0 Å². The third-order valence-corrected chi connectivity index (χ3v) is 6.03. The molecule has 0 radical (unpaired) electrons. The molecule has 1 saturated heterocycles. The van der Waals surface area contributed by atoms with Gasteiger partial charge in [-0.15, -0.1) is 11.3 Å². The molecule has 0 spiro atoms. The van der Waals surface area contributed by atoms with Crippen molar-refractivity contribution < 1.29 is 9.59 Å². The van der Waals surface area contributed by atoms with E-state index in [4.69, 9.17) is 0 Å². The van der Waals surface area contributed by atoms with Gasteiger partial charge in [-0.1, -0.05) is 17.8 Å². The SMILES string of the molecule is Cc1nc(-c2ccc3c(c2)CCN3C(=O)CN2CCSC2=O)cs1. The Morgan fingerprint density at radius 2 is 2.21 bits per heavy atom. The van der Waals surface area contributed by atoms with E-state index in [0.29, 0.717) is 13.1 Å². The second kappa shape index (κ2) is 6.22. The van der Waals surface area contributed by atoms with Crippen molar-refractivity contribution in [2.24, 2.45) is 0 Å². The highest BCUT2D eigenvalue weighted by atomic mass is 32.2. The highest BCUT2D eigenvalue weighted by Crippen LogP contribution is 2.33. The lowest BCUT2D eigenvalue weighted by Gasteiger charge is -2.21. The number of fused-ring (bicyclic) bond motifs is 1. The fraction of sp³-hybridized carbons (Fsp3) is 0.353. The Kier molecular flexibility index (Phi) is 4.05. The summed E-state index contributed by atoms with van der Waals surface area (Å²) in [4.78, 5) is 32.2. The minimum Gasteiger partial charge on any atom is -0.323 e. The van der Waals surface area contributed by atoms with Gasteiger partial charge in [0.05, 0.1) is 10.7 Å².